The summed E-state index contributed by atoms with van der Waals surface area (Å²) in [5, 5.41) is 5.91. The Morgan fingerprint density at radius 3 is 2.24 bits per heavy atom. The van der Waals surface area contributed by atoms with Crippen molar-refractivity contribution in [2.45, 2.75) is 6.92 Å². The van der Waals surface area contributed by atoms with Crippen LogP contribution < -0.4 is 24.8 Å². The van der Waals surface area contributed by atoms with Gasteiger partial charge in [-0.3, -0.25) is 4.79 Å². The predicted octanol–water partition coefficient (Wildman–Crippen LogP) is 3.81. The van der Waals surface area contributed by atoms with Crippen molar-refractivity contribution in [2.75, 3.05) is 32.0 Å². The SMILES string of the molecule is COc1ccc(C)cc1NC(=O)c1cnc(Nc2ccc(OC)c(OC)c2)cn1. The number of nitrogens with zero attached hydrogens (tertiary/aromatic N) is 2. The van der Waals surface area contributed by atoms with E-state index in [2.05, 4.69) is 20.6 Å². The number of hydrogen-bond donors (Lipinski definition) is 2. The summed E-state index contributed by atoms with van der Waals surface area (Å²) in [6, 6.07) is 10.9. The number of nitrogens with one attached hydrogen (secondary N) is 2. The van der Waals surface area contributed by atoms with E-state index >= 15 is 0 Å². The molecule has 2 N–H and O–H groups in total. The van der Waals surface area contributed by atoms with Crippen molar-refractivity contribution in [1.29, 1.82) is 0 Å². The van der Waals surface area contributed by atoms with Crippen LogP contribution >= 0.6 is 0 Å². The molecule has 29 heavy (non-hydrogen) atoms. The van der Waals surface area contributed by atoms with Gasteiger partial charge >= 0.3 is 0 Å². The quantitative estimate of drug-likeness (QED) is 0.629. The van der Waals surface area contributed by atoms with Gasteiger partial charge in [-0.1, -0.05) is 6.07 Å². The lowest BCUT2D eigenvalue weighted by atomic mass is 10.2. The summed E-state index contributed by atoms with van der Waals surface area (Å²) in [4.78, 5) is 20.9. The van der Waals surface area contributed by atoms with Crippen LogP contribution in [0.5, 0.6) is 17.2 Å². The van der Waals surface area contributed by atoms with E-state index in [1.807, 2.05) is 25.1 Å². The van der Waals surface area contributed by atoms with Crippen molar-refractivity contribution < 1.29 is 19.0 Å². The molecule has 0 aliphatic rings. The number of ether oxygens (including phenoxy) is 3. The molecule has 8 heteroatoms. The second-order valence-corrected chi connectivity index (χ2v) is 6.14. The van der Waals surface area contributed by atoms with E-state index in [-0.39, 0.29) is 11.6 Å². The van der Waals surface area contributed by atoms with E-state index in [0.29, 0.717) is 28.8 Å². The number of carbonyl (C=O) groups is 1. The number of amides is 1. The molecule has 0 fully saturated rings. The molecule has 0 bridgehead atoms. The van der Waals surface area contributed by atoms with Gasteiger partial charge in [-0.05, 0) is 36.8 Å². The molecule has 1 aromatic heterocycles. The van der Waals surface area contributed by atoms with Crippen LogP contribution in [0, 0.1) is 6.92 Å². The summed E-state index contributed by atoms with van der Waals surface area (Å²) in [7, 11) is 4.69. The smallest absolute Gasteiger partial charge is 0.275 e. The van der Waals surface area contributed by atoms with Crippen molar-refractivity contribution in [1.82, 2.24) is 9.97 Å². The molecule has 0 atom stereocenters. The molecule has 150 valence electrons. The minimum absolute atomic E-state index is 0.187. The van der Waals surface area contributed by atoms with Crippen LogP contribution in [0.2, 0.25) is 0 Å². The summed E-state index contributed by atoms with van der Waals surface area (Å²) >= 11 is 0. The maximum Gasteiger partial charge on any atom is 0.275 e. The van der Waals surface area contributed by atoms with E-state index in [9.17, 15) is 4.79 Å². The second-order valence-electron chi connectivity index (χ2n) is 6.14. The summed E-state index contributed by atoms with van der Waals surface area (Å²) in [6.45, 7) is 1.93. The van der Waals surface area contributed by atoms with Crippen molar-refractivity contribution in [3.63, 3.8) is 0 Å². The van der Waals surface area contributed by atoms with E-state index < -0.39 is 0 Å². The highest BCUT2D eigenvalue weighted by Gasteiger charge is 2.12. The maximum absolute atomic E-state index is 12.5. The largest absolute Gasteiger partial charge is 0.495 e. The van der Waals surface area contributed by atoms with Crippen LogP contribution in [0.1, 0.15) is 16.1 Å². The van der Waals surface area contributed by atoms with Gasteiger partial charge in [0.15, 0.2) is 11.5 Å². The Balaban J connectivity index is 1.72. The average Bonchev–Trinajstić information content (AvgIpc) is 2.74. The number of benzene rings is 2. The topological polar surface area (TPSA) is 94.6 Å². The predicted molar refractivity (Wildman–Crippen MR) is 111 cm³/mol. The highest BCUT2D eigenvalue weighted by Crippen LogP contribution is 2.30. The zero-order valence-corrected chi connectivity index (χ0v) is 16.6. The molecule has 2 aromatic carbocycles. The molecular formula is C21H22N4O4. The van der Waals surface area contributed by atoms with Crippen LogP contribution in [0.25, 0.3) is 0 Å². The zero-order chi connectivity index (χ0) is 20.8. The Kier molecular flexibility index (Phi) is 6.13. The Morgan fingerprint density at radius 1 is 0.862 bits per heavy atom. The fraction of sp³-hybridized carbons (Fsp3) is 0.190. The molecule has 3 aromatic rings. The summed E-state index contributed by atoms with van der Waals surface area (Å²) in [5.74, 6) is 1.90. The minimum atomic E-state index is -0.376. The molecule has 0 unspecified atom stereocenters. The Bertz CT molecular complexity index is 1010. The van der Waals surface area contributed by atoms with Crippen molar-refractivity contribution >= 4 is 23.1 Å². The maximum atomic E-state index is 12.5. The van der Waals surface area contributed by atoms with Crippen LogP contribution in [0.4, 0.5) is 17.2 Å². The molecule has 3 rings (SSSR count). The number of carbonyl (C=O) groups excluding carboxylic acids is 1. The number of aromatic nitrogens is 2. The molecule has 0 aliphatic carbocycles. The summed E-state index contributed by atoms with van der Waals surface area (Å²) in [6.07, 6.45) is 2.89. The molecule has 8 nitrogen and oxygen atoms in total. The Morgan fingerprint density at radius 2 is 1.59 bits per heavy atom. The van der Waals surface area contributed by atoms with Crippen molar-refractivity contribution in [3.8, 4) is 17.2 Å². The summed E-state index contributed by atoms with van der Waals surface area (Å²) < 4.78 is 15.8. The van der Waals surface area contributed by atoms with Gasteiger partial charge in [0, 0.05) is 11.8 Å². The van der Waals surface area contributed by atoms with Gasteiger partial charge in [-0.2, -0.15) is 0 Å². The third kappa shape index (κ3) is 4.73. The van der Waals surface area contributed by atoms with Gasteiger partial charge in [0.05, 0.1) is 39.4 Å². The highest BCUT2D eigenvalue weighted by molar-refractivity contribution is 6.03. The monoisotopic (exact) mass is 394 g/mol. The molecular weight excluding hydrogens is 372 g/mol. The second kappa shape index (κ2) is 8.92. The lowest BCUT2D eigenvalue weighted by molar-refractivity contribution is 0.102. The average molecular weight is 394 g/mol. The van der Waals surface area contributed by atoms with Crippen LogP contribution in [-0.2, 0) is 0 Å². The lowest BCUT2D eigenvalue weighted by Gasteiger charge is -2.12. The first-order valence-corrected chi connectivity index (χ1v) is 8.81. The lowest BCUT2D eigenvalue weighted by Crippen LogP contribution is -2.15. The first kappa shape index (κ1) is 19.9. The van der Waals surface area contributed by atoms with Gasteiger partial charge < -0.3 is 24.8 Å². The first-order valence-electron chi connectivity index (χ1n) is 8.81. The first-order chi connectivity index (χ1) is 14.0. The molecule has 0 aliphatic heterocycles. The number of hydrogen-bond acceptors (Lipinski definition) is 7. The third-order valence-electron chi connectivity index (χ3n) is 4.14. The standard InChI is InChI=1S/C21H22N4O4/c1-13-5-7-17(27-2)15(9-13)25-21(26)16-11-23-20(12-22-16)24-14-6-8-18(28-3)19(10-14)29-4/h5-12H,1-4H3,(H,23,24)(H,25,26). The van der Waals surface area contributed by atoms with E-state index in [4.69, 9.17) is 14.2 Å². The fourth-order valence-corrected chi connectivity index (χ4v) is 2.68. The van der Waals surface area contributed by atoms with Gasteiger partial charge in [0.2, 0.25) is 0 Å². The minimum Gasteiger partial charge on any atom is -0.495 e. The molecule has 0 spiro atoms. The summed E-state index contributed by atoms with van der Waals surface area (Å²) in [5.41, 5.74) is 2.51. The molecule has 1 amide bonds. The van der Waals surface area contributed by atoms with Crippen LogP contribution in [0.3, 0.4) is 0 Å². The molecule has 1 heterocycles. The van der Waals surface area contributed by atoms with Crippen LogP contribution in [0.15, 0.2) is 48.8 Å². The van der Waals surface area contributed by atoms with Crippen molar-refractivity contribution in [2.24, 2.45) is 0 Å². The van der Waals surface area contributed by atoms with Crippen LogP contribution in [-0.4, -0.2) is 37.2 Å². The van der Waals surface area contributed by atoms with Gasteiger partial charge in [-0.25, -0.2) is 9.97 Å². The van der Waals surface area contributed by atoms with E-state index in [1.165, 1.54) is 12.4 Å². The molecule has 0 saturated carbocycles. The normalized spacial score (nSPS) is 10.2. The van der Waals surface area contributed by atoms with Gasteiger partial charge in [0.25, 0.3) is 5.91 Å². The van der Waals surface area contributed by atoms with Crippen molar-refractivity contribution in [3.05, 3.63) is 60.0 Å². The Hall–Kier alpha value is -3.81. The number of aryl methyl sites for hydroxylation is 1. The highest BCUT2D eigenvalue weighted by atomic mass is 16.5. The number of rotatable bonds is 7. The van der Waals surface area contributed by atoms with Gasteiger partial charge in [-0.15, -0.1) is 0 Å². The fourth-order valence-electron chi connectivity index (χ4n) is 2.68. The third-order valence-corrected chi connectivity index (χ3v) is 4.14. The number of anilines is 3. The van der Waals surface area contributed by atoms with Gasteiger partial charge in [0.1, 0.15) is 17.3 Å². The van der Waals surface area contributed by atoms with E-state index in [1.54, 1.807) is 39.5 Å². The molecule has 0 saturated heterocycles. The Labute approximate surface area is 168 Å². The van der Waals surface area contributed by atoms with E-state index in [0.717, 1.165) is 11.3 Å². The zero-order valence-electron chi connectivity index (χ0n) is 16.6. The molecule has 0 radical (unpaired) electrons. The number of methoxy groups -OCH3 is 3.